The van der Waals surface area contributed by atoms with Crippen LogP contribution in [-0.2, 0) is 6.42 Å². The van der Waals surface area contributed by atoms with Gasteiger partial charge in [-0.3, -0.25) is 0 Å². The van der Waals surface area contributed by atoms with E-state index >= 15 is 0 Å². The van der Waals surface area contributed by atoms with Gasteiger partial charge in [0.1, 0.15) is 0 Å². The van der Waals surface area contributed by atoms with Crippen molar-refractivity contribution in [2.75, 3.05) is 0 Å². The summed E-state index contributed by atoms with van der Waals surface area (Å²) >= 11 is 3.48. The molecule has 1 nitrogen and oxygen atoms in total. The van der Waals surface area contributed by atoms with Crippen LogP contribution >= 0.6 is 15.9 Å². The molecule has 0 atom stereocenters. The third kappa shape index (κ3) is 2.78. The number of nitrogens with one attached hydrogen (secondary N) is 1. The molecule has 0 radical (unpaired) electrons. The second-order valence-electron chi connectivity index (χ2n) is 2.87. The lowest BCUT2D eigenvalue weighted by Crippen LogP contribution is -1.93. The Labute approximate surface area is 81.4 Å². The van der Waals surface area contributed by atoms with Gasteiger partial charge >= 0.3 is 0 Å². The van der Waals surface area contributed by atoms with E-state index in [9.17, 15) is 0 Å². The van der Waals surface area contributed by atoms with Crippen molar-refractivity contribution in [3.8, 4) is 0 Å². The Morgan fingerprint density at radius 1 is 1.42 bits per heavy atom. The van der Waals surface area contributed by atoms with Crippen LogP contribution in [0.4, 0.5) is 0 Å². The summed E-state index contributed by atoms with van der Waals surface area (Å²) in [6.45, 7) is 1.84. The standard InChI is InChI=1S/C10H12BrN/c1-8(12)6-7-9-4-2-3-5-10(9)11/h2-5,12H,6-7H2,1H3. The molecule has 0 bridgehead atoms. The van der Waals surface area contributed by atoms with Gasteiger partial charge in [-0.2, -0.15) is 0 Å². The minimum absolute atomic E-state index is 0.741. The average molecular weight is 226 g/mol. The first-order valence-corrected chi connectivity index (χ1v) is 4.77. The molecule has 0 saturated heterocycles. The molecule has 0 unspecified atom stereocenters. The van der Waals surface area contributed by atoms with Crippen molar-refractivity contribution in [2.24, 2.45) is 0 Å². The maximum absolute atomic E-state index is 7.30. The maximum Gasteiger partial charge on any atom is 0.0207 e. The SMILES string of the molecule is CC(=N)CCc1ccccc1Br. The van der Waals surface area contributed by atoms with Crippen LogP contribution in [0.15, 0.2) is 28.7 Å². The van der Waals surface area contributed by atoms with Crippen molar-refractivity contribution in [1.29, 1.82) is 5.41 Å². The molecule has 0 aliphatic carbocycles. The smallest absolute Gasteiger partial charge is 0.0207 e. The summed E-state index contributed by atoms with van der Waals surface area (Å²) in [7, 11) is 0. The molecule has 0 aliphatic heterocycles. The van der Waals surface area contributed by atoms with Crippen molar-refractivity contribution in [2.45, 2.75) is 19.8 Å². The quantitative estimate of drug-likeness (QED) is 0.763. The fourth-order valence-corrected chi connectivity index (χ4v) is 1.51. The number of hydrogen-bond acceptors (Lipinski definition) is 1. The summed E-state index contributed by atoms with van der Waals surface area (Å²) in [6.07, 6.45) is 1.80. The van der Waals surface area contributed by atoms with Gasteiger partial charge in [0.2, 0.25) is 0 Å². The van der Waals surface area contributed by atoms with Crippen LogP contribution in [0.3, 0.4) is 0 Å². The number of aryl methyl sites for hydroxylation is 1. The van der Waals surface area contributed by atoms with E-state index in [1.54, 1.807) is 0 Å². The highest BCUT2D eigenvalue weighted by atomic mass is 79.9. The normalized spacial score (nSPS) is 9.83. The predicted octanol–water partition coefficient (Wildman–Crippen LogP) is 3.42. The first-order chi connectivity index (χ1) is 5.70. The molecule has 0 amide bonds. The van der Waals surface area contributed by atoms with E-state index in [-0.39, 0.29) is 0 Å². The molecular weight excluding hydrogens is 214 g/mol. The highest BCUT2D eigenvalue weighted by molar-refractivity contribution is 9.10. The van der Waals surface area contributed by atoms with E-state index in [0.717, 1.165) is 23.0 Å². The summed E-state index contributed by atoms with van der Waals surface area (Å²) in [4.78, 5) is 0. The molecule has 0 spiro atoms. The minimum Gasteiger partial charge on any atom is -0.310 e. The number of benzene rings is 1. The lowest BCUT2D eigenvalue weighted by atomic mass is 10.1. The lowest BCUT2D eigenvalue weighted by molar-refractivity contribution is 1.02. The van der Waals surface area contributed by atoms with Gasteiger partial charge in [0.15, 0.2) is 0 Å². The summed E-state index contributed by atoms with van der Waals surface area (Å²) in [5.74, 6) is 0. The zero-order valence-electron chi connectivity index (χ0n) is 7.10. The zero-order chi connectivity index (χ0) is 8.97. The zero-order valence-corrected chi connectivity index (χ0v) is 8.69. The Morgan fingerprint density at radius 2 is 2.08 bits per heavy atom. The number of rotatable bonds is 3. The molecule has 0 aromatic heterocycles. The number of hydrogen-bond donors (Lipinski definition) is 1. The van der Waals surface area contributed by atoms with Gasteiger partial charge in [0.25, 0.3) is 0 Å². The van der Waals surface area contributed by atoms with Gasteiger partial charge in [0, 0.05) is 10.2 Å². The van der Waals surface area contributed by atoms with Crippen molar-refractivity contribution < 1.29 is 0 Å². The van der Waals surface area contributed by atoms with Gasteiger partial charge in [-0.1, -0.05) is 34.1 Å². The van der Waals surface area contributed by atoms with Crippen LogP contribution in [-0.4, -0.2) is 5.71 Å². The van der Waals surface area contributed by atoms with Gasteiger partial charge in [-0.05, 0) is 31.4 Å². The molecule has 0 heterocycles. The highest BCUT2D eigenvalue weighted by Gasteiger charge is 1.97. The Kier molecular flexibility index (Phi) is 3.48. The largest absolute Gasteiger partial charge is 0.310 e. The van der Waals surface area contributed by atoms with Crippen molar-refractivity contribution in [3.63, 3.8) is 0 Å². The lowest BCUT2D eigenvalue weighted by Gasteiger charge is -2.02. The second kappa shape index (κ2) is 4.41. The summed E-state index contributed by atoms with van der Waals surface area (Å²) in [5.41, 5.74) is 2.02. The predicted molar refractivity (Wildman–Crippen MR) is 55.9 cm³/mol. The average Bonchev–Trinajstić information content (AvgIpc) is 2.03. The fraction of sp³-hybridized carbons (Fsp3) is 0.300. The molecule has 2 heteroatoms. The highest BCUT2D eigenvalue weighted by Crippen LogP contribution is 2.17. The van der Waals surface area contributed by atoms with E-state index in [0.29, 0.717) is 0 Å². The van der Waals surface area contributed by atoms with Crippen molar-refractivity contribution in [3.05, 3.63) is 34.3 Å². The third-order valence-corrected chi connectivity index (χ3v) is 2.50. The van der Waals surface area contributed by atoms with E-state index in [2.05, 4.69) is 22.0 Å². The Morgan fingerprint density at radius 3 is 2.67 bits per heavy atom. The van der Waals surface area contributed by atoms with Crippen LogP contribution in [0.1, 0.15) is 18.9 Å². The summed E-state index contributed by atoms with van der Waals surface area (Å²) in [5, 5.41) is 7.30. The van der Waals surface area contributed by atoms with Gasteiger partial charge < -0.3 is 5.41 Å². The van der Waals surface area contributed by atoms with E-state index in [4.69, 9.17) is 5.41 Å². The van der Waals surface area contributed by atoms with Crippen LogP contribution in [0.5, 0.6) is 0 Å². The monoisotopic (exact) mass is 225 g/mol. The molecule has 1 N–H and O–H groups in total. The molecule has 0 saturated carbocycles. The molecule has 0 fully saturated rings. The molecular formula is C10H12BrN. The van der Waals surface area contributed by atoms with Crippen molar-refractivity contribution >= 4 is 21.6 Å². The topological polar surface area (TPSA) is 23.9 Å². The molecule has 0 aliphatic rings. The maximum atomic E-state index is 7.30. The molecule has 64 valence electrons. The Bertz CT molecular complexity index is 281. The van der Waals surface area contributed by atoms with E-state index in [1.165, 1.54) is 5.56 Å². The van der Waals surface area contributed by atoms with Crippen LogP contribution in [0, 0.1) is 5.41 Å². The van der Waals surface area contributed by atoms with Crippen LogP contribution in [0.2, 0.25) is 0 Å². The van der Waals surface area contributed by atoms with Gasteiger partial charge in [0.05, 0.1) is 0 Å². The van der Waals surface area contributed by atoms with Gasteiger partial charge in [-0.25, -0.2) is 0 Å². The van der Waals surface area contributed by atoms with Crippen LogP contribution < -0.4 is 0 Å². The van der Waals surface area contributed by atoms with Crippen molar-refractivity contribution in [1.82, 2.24) is 0 Å². The van der Waals surface area contributed by atoms with Gasteiger partial charge in [-0.15, -0.1) is 0 Å². The summed E-state index contributed by atoms with van der Waals surface area (Å²) in [6, 6.07) is 8.16. The Hall–Kier alpha value is -0.630. The molecule has 12 heavy (non-hydrogen) atoms. The Balaban J connectivity index is 2.63. The minimum atomic E-state index is 0.741. The van der Waals surface area contributed by atoms with E-state index in [1.807, 2.05) is 25.1 Å². The number of halogens is 1. The molecule has 1 rings (SSSR count). The third-order valence-electron chi connectivity index (χ3n) is 1.73. The molecule has 1 aromatic carbocycles. The second-order valence-corrected chi connectivity index (χ2v) is 3.73. The summed E-state index contributed by atoms with van der Waals surface area (Å²) < 4.78 is 1.14. The first-order valence-electron chi connectivity index (χ1n) is 3.97. The first kappa shape index (κ1) is 9.46. The fourth-order valence-electron chi connectivity index (χ4n) is 1.02. The molecule has 1 aromatic rings. The van der Waals surface area contributed by atoms with E-state index < -0.39 is 0 Å². The van der Waals surface area contributed by atoms with Crippen LogP contribution in [0.25, 0.3) is 0 Å².